The Morgan fingerprint density at radius 3 is 2.74 bits per heavy atom. The van der Waals surface area contributed by atoms with E-state index in [1.54, 1.807) is 0 Å². The van der Waals surface area contributed by atoms with Crippen molar-refractivity contribution in [1.82, 2.24) is 5.32 Å². The van der Waals surface area contributed by atoms with Gasteiger partial charge >= 0.3 is 0 Å². The van der Waals surface area contributed by atoms with Gasteiger partial charge in [0.25, 0.3) is 0 Å². The van der Waals surface area contributed by atoms with Crippen molar-refractivity contribution in [3.63, 3.8) is 0 Å². The van der Waals surface area contributed by atoms with Gasteiger partial charge in [0.05, 0.1) is 11.6 Å². The number of para-hydroxylation sites is 1. The lowest BCUT2D eigenvalue weighted by Crippen LogP contribution is -2.22. The minimum Gasteiger partial charge on any atom is -0.492 e. The second kappa shape index (κ2) is 9.18. The van der Waals surface area contributed by atoms with Gasteiger partial charge in [-0.3, -0.25) is 0 Å². The summed E-state index contributed by atoms with van der Waals surface area (Å²) in [6.07, 6.45) is 2.73. The molecule has 108 valence electrons. The Morgan fingerprint density at radius 2 is 2.05 bits per heavy atom. The SMILES string of the molecule is CC(C)NCc1cccc(Cl)c1OCCCCCO. The van der Waals surface area contributed by atoms with E-state index in [4.69, 9.17) is 21.4 Å². The average molecular weight is 286 g/mol. The van der Waals surface area contributed by atoms with Crippen LogP contribution >= 0.6 is 11.6 Å². The van der Waals surface area contributed by atoms with Crippen molar-refractivity contribution in [3.05, 3.63) is 28.8 Å². The molecule has 2 N–H and O–H groups in total. The Bertz CT molecular complexity index is 369. The summed E-state index contributed by atoms with van der Waals surface area (Å²) in [5.41, 5.74) is 1.09. The van der Waals surface area contributed by atoms with E-state index in [1.165, 1.54) is 0 Å². The van der Waals surface area contributed by atoms with E-state index in [9.17, 15) is 0 Å². The first kappa shape index (κ1) is 16.3. The molecule has 0 bridgehead atoms. The van der Waals surface area contributed by atoms with Crippen LogP contribution in [0.4, 0.5) is 0 Å². The van der Waals surface area contributed by atoms with E-state index < -0.39 is 0 Å². The number of rotatable bonds is 9. The minimum atomic E-state index is 0.246. The molecule has 0 saturated heterocycles. The zero-order chi connectivity index (χ0) is 14.1. The second-order valence-corrected chi connectivity index (χ2v) is 5.30. The van der Waals surface area contributed by atoms with Gasteiger partial charge in [-0.15, -0.1) is 0 Å². The van der Waals surface area contributed by atoms with Crippen molar-refractivity contribution in [3.8, 4) is 5.75 Å². The smallest absolute Gasteiger partial charge is 0.142 e. The first-order valence-electron chi connectivity index (χ1n) is 6.89. The fraction of sp³-hybridized carbons (Fsp3) is 0.600. The highest BCUT2D eigenvalue weighted by Gasteiger charge is 2.08. The van der Waals surface area contributed by atoms with Gasteiger partial charge in [-0.25, -0.2) is 0 Å². The van der Waals surface area contributed by atoms with E-state index in [-0.39, 0.29) is 6.61 Å². The zero-order valence-corrected chi connectivity index (χ0v) is 12.5. The molecule has 0 radical (unpaired) electrons. The topological polar surface area (TPSA) is 41.5 Å². The number of aliphatic hydroxyl groups excluding tert-OH is 1. The minimum absolute atomic E-state index is 0.246. The van der Waals surface area contributed by atoms with Crippen LogP contribution in [0, 0.1) is 0 Å². The molecule has 1 aromatic rings. The number of halogens is 1. The number of benzene rings is 1. The molecule has 0 amide bonds. The van der Waals surface area contributed by atoms with Gasteiger partial charge in [-0.2, -0.15) is 0 Å². The van der Waals surface area contributed by atoms with Crippen molar-refractivity contribution < 1.29 is 9.84 Å². The van der Waals surface area contributed by atoms with Crippen molar-refractivity contribution in [2.45, 2.75) is 45.7 Å². The number of aliphatic hydroxyl groups is 1. The predicted molar refractivity (Wildman–Crippen MR) is 79.9 cm³/mol. The predicted octanol–water partition coefficient (Wildman–Crippen LogP) is 3.38. The maximum absolute atomic E-state index is 8.72. The van der Waals surface area contributed by atoms with Crippen LogP contribution in [0.1, 0.15) is 38.7 Å². The summed E-state index contributed by atoms with van der Waals surface area (Å²) < 4.78 is 5.79. The monoisotopic (exact) mass is 285 g/mol. The standard InChI is InChI=1S/C15H24ClNO2/c1-12(2)17-11-13-7-6-8-14(16)15(13)19-10-5-3-4-9-18/h6-8,12,17-18H,3-5,9-11H2,1-2H3. The van der Waals surface area contributed by atoms with E-state index in [1.807, 2.05) is 18.2 Å². The third kappa shape index (κ3) is 6.28. The summed E-state index contributed by atoms with van der Waals surface area (Å²) in [6.45, 7) is 5.86. The molecule has 0 aliphatic rings. The van der Waals surface area contributed by atoms with E-state index in [2.05, 4.69) is 19.2 Å². The zero-order valence-electron chi connectivity index (χ0n) is 11.8. The van der Waals surface area contributed by atoms with Gasteiger partial charge < -0.3 is 15.2 Å². The second-order valence-electron chi connectivity index (χ2n) is 4.90. The van der Waals surface area contributed by atoms with Gasteiger partial charge in [-0.1, -0.05) is 37.6 Å². The molecule has 4 heteroatoms. The van der Waals surface area contributed by atoms with Crippen LogP contribution in [-0.2, 0) is 6.54 Å². The molecule has 1 rings (SSSR count). The molecule has 0 saturated carbocycles. The Balaban J connectivity index is 2.54. The third-order valence-electron chi connectivity index (χ3n) is 2.80. The maximum Gasteiger partial charge on any atom is 0.142 e. The fourth-order valence-corrected chi connectivity index (χ4v) is 1.98. The van der Waals surface area contributed by atoms with Crippen LogP contribution in [0.25, 0.3) is 0 Å². The Morgan fingerprint density at radius 1 is 1.26 bits per heavy atom. The van der Waals surface area contributed by atoms with Crippen LogP contribution in [0.2, 0.25) is 5.02 Å². The first-order valence-corrected chi connectivity index (χ1v) is 7.27. The Labute approximate surface area is 120 Å². The van der Waals surface area contributed by atoms with Crippen molar-refractivity contribution in [2.75, 3.05) is 13.2 Å². The fourth-order valence-electron chi connectivity index (χ4n) is 1.73. The van der Waals surface area contributed by atoms with Crippen LogP contribution in [0.15, 0.2) is 18.2 Å². The maximum atomic E-state index is 8.72. The Hall–Kier alpha value is -0.770. The van der Waals surface area contributed by atoms with Gasteiger partial charge in [0, 0.05) is 24.8 Å². The normalized spacial score (nSPS) is 11.0. The molecule has 1 aromatic carbocycles. The highest BCUT2D eigenvalue weighted by Crippen LogP contribution is 2.29. The lowest BCUT2D eigenvalue weighted by atomic mass is 10.2. The first-order chi connectivity index (χ1) is 9.15. The number of nitrogens with one attached hydrogen (secondary N) is 1. The average Bonchev–Trinajstić information content (AvgIpc) is 2.38. The highest BCUT2D eigenvalue weighted by atomic mass is 35.5. The molecule has 3 nitrogen and oxygen atoms in total. The molecule has 0 aliphatic carbocycles. The summed E-state index contributed by atoms with van der Waals surface area (Å²) in [6, 6.07) is 6.25. The van der Waals surface area contributed by atoms with E-state index in [0.29, 0.717) is 17.7 Å². The van der Waals surface area contributed by atoms with Crippen LogP contribution in [0.3, 0.4) is 0 Å². The molecule has 0 unspecified atom stereocenters. The van der Waals surface area contributed by atoms with E-state index >= 15 is 0 Å². The molecule has 0 fully saturated rings. The lowest BCUT2D eigenvalue weighted by Gasteiger charge is -2.15. The largest absolute Gasteiger partial charge is 0.492 e. The molecule has 0 atom stereocenters. The molecular weight excluding hydrogens is 262 g/mol. The molecular formula is C15H24ClNO2. The van der Waals surface area contributed by atoms with Gasteiger partial charge in [-0.05, 0) is 25.3 Å². The van der Waals surface area contributed by atoms with Crippen LogP contribution < -0.4 is 10.1 Å². The number of hydrogen-bond acceptors (Lipinski definition) is 3. The summed E-state index contributed by atoms with van der Waals surface area (Å²) in [5, 5.41) is 12.7. The van der Waals surface area contributed by atoms with Gasteiger partial charge in [0.2, 0.25) is 0 Å². The van der Waals surface area contributed by atoms with Crippen molar-refractivity contribution in [2.24, 2.45) is 0 Å². The summed E-state index contributed by atoms with van der Waals surface area (Å²) in [7, 11) is 0. The highest BCUT2D eigenvalue weighted by molar-refractivity contribution is 6.32. The van der Waals surface area contributed by atoms with Crippen LogP contribution in [0.5, 0.6) is 5.75 Å². The van der Waals surface area contributed by atoms with Crippen molar-refractivity contribution in [1.29, 1.82) is 0 Å². The van der Waals surface area contributed by atoms with E-state index in [0.717, 1.165) is 37.1 Å². The van der Waals surface area contributed by atoms with Gasteiger partial charge in [0.15, 0.2) is 0 Å². The molecule has 0 aromatic heterocycles. The Kier molecular flexibility index (Phi) is 7.87. The number of unbranched alkanes of at least 4 members (excludes halogenated alkanes) is 2. The molecule has 19 heavy (non-hydrogen) atoms. The van der Waals surface area contributed by atoms with Crippen molar-refractivity contribution >= 4 is 11.6 Å². The summed E-state index contributed by atoms with van der Waals surface area (Å²) in [4.78, 5) is 0. The lowest BCUT2D eigenvalue weighted by molar-refractivity contribution is 0.265. The molecule has 0 spiro atoms. The molecule has 0 heterocycles. The molecule has 0 aliphatic heterocycles. The summed E-state index contributed by atoms with van der Waals surface area (Å²) >= 11 is 6.19. The number of ether oxygens (including phenoxy) is 1. The van der Waals surface area contributed by atoms with Gasteiger partial charge in [0.1, 0.15) is 5.75 Å². The number of hydrogen-bond donors (Lipinski definition) is 2. The third-order valence-corrected chi connectivity index (χ3v) is 3.10. The summed E-state index contributed by atoms with van der Waals surface area (Å²) in [5.74, 6) is 0.779. The van der Waals surface area contributed by atoms with Crippen LogP contribution in [-0.4, -0.2) is 24.4 Å². The quantitative estimate of drug-likeness (QED) is 0.684.